The van der Waals surface area contributed by atoms with Crippen molar-refractivity contribution in [1.82, 2.24) is 9.80 Å². The SMILES string of the molecule is CN1CCC(CCN2CCC(N)CC2)C1. The van der Waals surface area contributed by atoms with Crippen LogP contribution in [0.15, 0.2) is 0 Å². The van der Waals surface area contributed by atoms with Gasteiger partial charge in [-0.25, -0.2) is 0 Å². The number of nitrogens with two attached hydrogens (primary N) is 1. The first-order chi connectivity index (χ1) is 7.24. The van der Waals surface area contributed by atoms with Crippen LogP contribution in [-0.2, 0) is 0 Å². The largest absolute Gasteiger partial charge is 0.328 e. The minimum atomic E-state index is 0.471. The number of likely N-dealkylation sites (tertiary alicyclic amines) is 2. The van der Waals surface area contributed by atoms with E-state index in [0.717, 1.165) is 5.92 Å². The summed E-state index contributed by atoms with van der Waals surface area (Å²) in [6.07, 6.45) is 5.19. The number of piperidine rings is 1. The zero-order valence-corrected chi connectivity index (χ0v) is 9.99. The first-order valence-electron chi connectivity index (χ1n) is 6.40. The van der Waals surface area contributed by atoms with Crippen molar-refractivity contribution >= 4 is 0 Å². The molecule has 2 heterocycles. The standard InChI is InChI=1S/C12H25N3/c1-14-6-2-11(10-14)3-7-15-8-4-12(13)5-9-15/h11-12H,2-10,13H2,1H3. The first-order valence-corrected chi connectivity index (χ1v) is 6.40. The maximum absolute atomic E-state index is 5.90. The third-order valence-electron chi connectivity index (χ3n) is 3.97. The lowest BCUT2D eigenvalue weighted by atomic mass is 10.0. The average Bonchev–Trinajstić information content (AvgIpc) is 2.64. The average molecular weight is 211 g/mol. The Hall–Kier alpha value is -0.120. The molecule has 15 heavy (non-hydrogen) atoms. The van der Waals surface area contributed by atoms with Crippen molar-refractivity contribution in [2.75, 3.05) is 39.8 Å². The van der Waals surface area contributed by atoms with Gasteiger partial charge in [0.25, 0.3) is 0 Å². The molecule has 0 spiro atoms. The van der Waals surface area contributed by atoms with E-state index in [1.54, 1.807) is 0 Å². The van der Waals surface area contributed by atoms with Crippen molar-refractivity contribution in [3.63, 3.8) is 0 Å². The van der Waals surface area contributed by atoms with E-state index in [4.69, 9.17) is 5.73 Å². The van der Waals surface area contributed by atoms with E-state index in [2.05, 4.69) is 16.8 Å². The van der Waals surface area contributed by atoms with Crippen LogP contribution in [0.4, 0.5) is 0 Å². The van der Waals surface area contributed by atoms with Gasteiger partial charge in [-0.1, -0.05) is 0 Å². The molecule has 3 heteroatoms. The monoisotopic (exact) mass is 211 g/mol. The molecule has 2 fully saturated rings. The zero-order valence-electron chi connectivity index (χ0n) is 9.99. The number of hydrogen-bond acceptors (Lipinski definition) is 3. The summed E-state index contributed by atoms with van der Waals surface area (Å²) in [5.74, 6) is 0.950. The molecule has 0 aromatic heterocycles. The van der Waals surface area contributed by atoms with E-state index in [1.807, 2.05) is 0 Å². The predicted octanol–water partition coefficient (Wildman–Crippen LogP) is 0.751. The molecular weight excluding hydrogens is 186 g/mol. The van der Waals surface area contributed by atoms with E-state index < -0.39 is 0 Å². The van der Waals surface area contributed by atoms with E-state index in [0.29, 0.717) is 6.04 Å². The summed E-state index contributed by atoms with van der Waals surface area (Å²) in [4.78, 5) is 5.05. The lowest BCUT2D eigenvalue weighted by molar-refractivity contribution is 0.199. The van der Waals surface area contributed by atoms with Gasteiger partial charge in [-0.2, -0.15) is 0 Å². The Balaban J connectivity index is 1.61. The molecule has 88 valence electrons. The molecule has 0 saturated carbocycles. The van der Waals surface area contributed by atoms with Crippen molar-refractivity contribution in [3.8, 4) is 0 Å². The predicted molar refractivity (Wildman–Crippen MR) is 63.9 cm³/mol. The van der Waals surface area contributed by atoms with Gasteiger partial charge in [0, 0.05) is 12.6 Å². The summed E-state index contributed by atoms with van der Waals surface area (Å²) in [7, 11) is 2.24. The highest BCUT2D eigenvalue weighted by atomic mass is 15.1. The summed E-state index contributed by atoms with van der Waals surface area (Å²) < 4.78 is 0. The topological polar surface area (TPSA) is 32.5 Å². The highest BCUT2D eigenvalue weighted by molar-refractivity contribution is 4.77. The minimum Gasteiger partial charge on any atom is -0.328 e. The van der Waals surface area contributed by atoms with E-state index in [9.17, 15) is 0 Å². The van der Waals surface area contributed by atoms with E-state index in [1.165, 1.54) is 58.4 Å². The molecule has 1 atom stereocenters. The lowest BCUT2D eigenvalue weighted by Crippen LogP contribution is -2.40. The van der Waals surface area contributed by atoms with Gasteiger partial charge in [0.2, 0.25) is 0 Å². The van der Waals surface area contributed by atoms with Gasteiger partial charge >= 0.3 is 0 Å². The van der Waals surface area contributed by atoms with Crippen molar-refractivity contribution < 1.29 is 0 Å². The van der Waals surface area contributed by atoms with Gasteiger partial charge in [-0.15, -0.1) is 0 Å². The lowest BCUT2D eigenvalue weighted by Gasteiger charge is -2.30. The molecule has 3 nitrogen and oxygen atoms in total. The van der Waals surface area contributed by atoms with Gasteiger partial charge in [0.1, 0.15) is 0 Å². The van der Waals surface area contributed by atoms with Gasteiger partial charge in [-0.3, -0.25) is 0 Å². The number of nitrogens with zero attached hydrogens (tertiary/aromatic N) is 2. The zero-order chi connectivity index (χ0) is 10.7. The van der Waals surface area contributed by atoms with Crippen LogP contribution in [0, 0.1) is 5.92 Å². The molecule has 0 radical (unpaired) electrons. The van der Waals surface area contributed by atoms with Crippen molar-refractivity contribution in [1.29, 1.82) is 0 Å². The molecule has 2 saturated heterocycles. The molecule has 0 aromatic carbocycles. The van der Waals surface area contributed by atoms with Crippen molar-refractivity contribution in [2.24, 2.45) is 11.7 Å². The van der Waals surface area contributed by atoms with Crippen molar-refractivity contribution in [2.45, 2.75) is 31.7 Å². The Kier molecular flexibility index (Phi) is 4.00. The van der Waals surface area contributed by atoms with E-state index in [-0.39, 0.29) is 0 Å². The molecule has 1 unspecified atom stereocenters. The fourth-order valence-electron chi connectivity index (χ4n) is 2.80. The van der Waals surface area contributed by atoms with Crippen LogP contribution in [0.1, 0.15) is 25.7 Å². The van der Waals surface area contributed by atoms with Crippen molar-refractivity contribution in [3.05, 3.63) is 0 Å². The third-order valence-corrected chi connectivity index (χ3v) is 3.97. The Bertz CT molecular complexity index is 187. The molecule has 0 aromatic rings. The summed E-state index contributed by atoms with van der Waals surface area (Å²) >= 11 is 0. The Morgan fingerprint density at radius 1 is 1.13 bits per heavy atom. The normalized spacial score (nSPS) is 31.2. The second kappa shape index (κ2) is 5.28. The highest BCUT2D eigenvalue weighted by Gasteiger charge is 2.21. The fourth-order valence-corrected chi connectivity index (χ4v) is 2.80. The smallest absolute Gasteiger partial charge is 0.00631 e. The fraction of sp³-hybridized carbons (Fsp3) is 1.00. The van der Waals surface area contributed by atoms with Crippen LogP contribution in [-0.4, -0.2) is 55.6 Å². The molecular formula is C12H25N3. The maximum Gasteiger partial charge on any atom is 0.00631 e. The highest BCUT2D eigenvalue weighted by Crippen LogP contribution is 2.19. The quantitative estimate of drug-likeness (QED) is 0.748. The molecule has 2 rings (SSSR count). The van der Waals surface area contributed by atoms with Crippen LogP contribution >= 0.6 is 0 Å². The third kappa shape index (κ3) is 3.44. The molecule has 2 N–H and O–H groups in total. The van der Waals surface area contributed by atoms with Crippen LogP contribution in [0.25, 0.3) is 0 Å². The van der Waals surface area contributed by atoms with Crippen LogP contribution in [0.5, 0.6) is 0 Å². The van der Waals surface area contributed by atoms with Crippen LogP contribution in [0.3, 0.4) is 0 Å². The molecule has 2 aliphatic heterocycles. The summed E-state index contributed by atoms with van der Waals surface area (Å²) in [5.41, 5.74) is 5.90. The van der Waals surface area contributed by atoms with Crippen LogP contribution in [0.2, 0.25) is 0 Å². The molecule has 0 aliphatic carbocycles. The maximum atomic E-state index is 5.90. The summed E-state index contributed by atoms with van der Waals surface area (Å²) in [6.45, 7) is 6.36. The Morgan fingerprint density at radius 2 is 1.87 bits per heavy atom. The second-order valence-electron chi connectivity index (χ2n) is 5.38. The molecule has 0 bridgehead atoms. The molecule has 0 amide bonds. The van der Waals surface area contributed by atoms with Gasteiger partial charge < -0.3 is 15.5 Å². The van der Waals surface area contributed by atoms with E-state index >= 15 is 0 Å². The minimum absolute atomic E-state index is 0.471. The number of rotatable bonds is 3. The van der Waals surface area contributed by atoms with Crippen LogP contribution < -0.4 is 5.73 Å². The first kappa shape index (κ1) is 11.4. The van der Waals surface area contributed by atoms with Gasteiger partial charge in [0.15, 0.2) is 0 Å². The second-order valence-corrected chi connectivity index (χ2v) is 5.38. The summed E-state index contributed by atoms with van der Waals surface area (Å²) in [6, 6.07) is 0.471. The Morgan fingerprint density at radius 3 is 2.47 bits per heavy atom. The summed E-state index contributed by atoms with van der Waals surface area (Å²) in [5, 5.41) is 0. The Labute approximate surface area is 93.6 Å². The number of hydrogen-bond donors (Lipinski definition) is 1. The molecule has 2 aliphatic rings. The van der Waals surface area contributed by atoms with Gasteiger partial charge in [-0.05, 0) is 64.8 Å². The van der Waals surface area contributed by atoms with Gasteiger partial charge in [0.05, 0.1) is 0 Å².